The van der Waals surface area contributed by atoms with Crippen LogP contribution in [0.5, 0.6) is 5.75 Å². The first-order chi connectivity index (χ1) is 6.67. The number of hydrogen-bond acceptors (Lipinski definition) is 3. The summed E-state index contributed by atoms with van der Waals surface area (Å²) < 4.78 is 5.86. The smallest absolute Gasteiger partial charge is 0.120 e. The van der Waals surface area contributed by atoms with Gasteiger partial charge in [-0.15, -0.1) is 0 Å². The molecule has 3 nitrogen and oxygen atoms in total. The number of benzene rings is 1. The molecule has 0 aromatic heterocycles. The molecule has 1 rings (SSSR count). The molecule has 14 heavy (non-hydrogen) atoms. The van der Waals surface area contributed by atoms with E-state index in [1.165, 1.54) is 0 Å². The van der Waals surface area contributed by atoms with E-state index < -0.39 is 6.10 Å². The van der Waals surface area contributed by atoms with Crippen LogP contribution in [0.3, 0.4) is 0 Å². The Hall–Kier alpha value is -1.05. The number of halogens is 1. The number of aliphatic hydroxyl groups excluding tert-OH is 1. The van der Waals surface area contributed by atoms with Gasteiger partial charge in [0.25, 0.3) is 0 Å². The summed E-state index contributed by atoms with van der Waals surface area (Å²) in [4.78, 5) is 0. The van der Waals surface area contributed by atoms with E-state index in [2.05, 4.69) is 15.9 Å². The molecule has 0 spiro atoms. The average Bonchev–Trinajstić information content (AvgIpc) is 2.17. The van der Waals surface area contributed by atoms with Gasteiger partial charge in [-0.3, -0.25) is 0 Å². The highest BCUT2D eigenvalue weighted by Gasteiger charge is 2.09. The predicted molar refractivity (Wildman–Crippen MR) is 55.9 cm³/mol. The van der Waals surface area contributed by atoms with Crippen LogP contribution < -0.4 is 4.74 Å². The summed E-state index contributed by atoms with van der Waals surface area (Å²) in [6.45, 7) is 0. The van der Waals surface area contributed by atoms with E-state index in [4.69, 9.17) is 10.00 Å². The number of hydrogen-bond donors (Lipinski definition) is 1. The Morgan fingerprint density at radius 1 is 1.57 bits per heavy atom. The Morgan fingerprint density at radius 2 is 2.29 bits per heavy atom. The number of nitriles is 1. The van der Waals surface area contributed by atoms with E-state index in [1.54, 1.807) is 25.3 Å². The van der Waals surface area contributed by atoms with Gasteiger partial charge in [0.1, 0.15) is 5.75 Å². The number of nitrogens with zero attached hydrogens (tertiary/aromatic N) is 1. The summed E-state index contributed by atoms with van der Waals surface area (Å²) in [5, 5.41) is 18.0. The van der Waals surface area contributed by atoms with Gasteiger partial charge in [0.05, 0.1) is 25.7 Å². The molecule has 0 radical (unpaired) electrons. The van der Waals surface area contributed by atoms with Crippen LogP contribution >= 0.6 is 15.9 Å². The molecule has 0 heterocycles. The van der Waals surface area contributed by atoms with Gasteiger partial charge in [-0.05, 0) is 23.8 Å². The van der Waals surface area contributed by atoms with Crippen molar-refractivity contribution in [1.29, 1.82) is 5.26 Å². The topological polar surface area (TPSA) is 53.2 Å². The minimum Gasteiger partial charge on any atom is -0.497 e. The minimum atomic E-state index is -0.758. The van der Waals surface area contributed by atoms with E-state index in [1.807, 2.05) is 6.07 Å². The predicted octanol–water partition coefficient (Wildman–Crippen LogP) is 2.40. The van der Waals surface area contributed by atoms with Gasteiger partial charge in [0.2, 0.25) is 0 Å². The molecule has 0 saturated carbocycles. The summed E-state index contributed by atoms with van der Waals surface area (Å²) in [6, 6.07) is 7.19. The lowest BCUT2D eigenvalue weighted by Gasteiger charge is -2.09. The number of aliphatic hydroxyl groups is 1. The van der Waals surface area contributed by atoms with E-state index in [9.17, 15) is 5.11 Å². The summed E-state index contributed by atoms with van der Waals surface area (Å²) in [5.74, 6) is 0.659. The monoisotopic (exact) mass is 255 g/mol. The molecule has 74 valence electrons. The highest BCUT2D eigenvalue weighted by atomic mass is 79.9. The number of rotatable bonds is 3. The van der Waals surface area contributed by atoms with E-state index in [-0.39, 0.29) is 6.42 Å². The maximum absolute atomic E-state index is 9.57. The Balaban J connectivity index is 2.97. The Bertz CT molecular complexity index is 360. The fraction of sp³-hybridized carbons (Fsp3) is 0.300. The van der Waals surface area contributed by atoms with E-state index >= 15 is 0 Å². The molecule has 0 bridgehead atoms. The standard InChI is InChI=1S/C10H10BrNO2/c1-14-9-5-7(4-8(11)6-9)10(13)2-3-12/h4-6,10,13H,2H2,1H3. The molecule has 0 aliphatic carbocycles. The lowest BCUT2D eigenvalue weighted by atomic mass is 10.1. The summed E-state index contributed by atoms with van der Waals surface area (Å²) >= 11 is 3.30. The van der Waals surface area contributed by atoms with Gasteiger partial charge >= 0.3 is 0 Å². The van der Waals surface area contributed by atoms with Crippen molar-refractivity contribution in [2.24, 2.45) is 0 Å². The molecule has 1 N–H and O–H groups in total. The fourth-order valence-corrected chi connectivity index (χ4v) is 1.59. The quantitative estimate of drug-likeness (QED) is 0.903. The van der Waals surface area contributed by atoms with Crippen LogP contribution in [-0.2, 0) is 0 Å². The van der Waals surface area contributed by atoms with Gasteiger partial charge in [-0.1, -0.05) is 15.9 Å². The number of methoxy groups -OCH3 is 1. The molecule has 4 heteroatoms. The largest absolute Gasteiger partial charge is 0.497 e. The van der Waals surface area contributed by atoms with Crippen molar-refractivity contribution in [3.05, 3.63) is 28.2 Å². The summed E-state index contributed by atoms with van der Waals surface area (Å²) in [5.41, 5.74) is 0.678. The molecule has 1 atom stereocenters. The third-order valence-electron chi connectivity index (χ3n) is 1.80. The average molecular weight is 256 g/mol. The van der Waals surface area contributed by atoms with Crippen LogP contribution in [0.1, 0.15) is 18.1 Å². The summed E-state index contributed by atoms with van der Waals surface area (Å²) in [7, 11) is 1.56. The van der Waals surface area contributed by atoms with Crippen LogP contribution in [0.4, 0.5) is 0 Å². The van der Waals surface area contributed by atoms with Gasteiger partial charge in [0, 0.05) is 4.47 Å². The molecule has 1 unspecified atom stereocenters. The SMILES string of the molecule is COc1cc(Br)cc(C(O)CC#N)c1. The zero-order valence-electron chi connectivity index (χ0n) is 7.70. The van der Waals surface area contributed by atoms with Crippen LogP contribution in [0.25, 0.3) is 0 Å². The van der Waals surface area contributed by atoms with Crippen molar-refractivity contribution in [2.45, 2.75) is 12.5 Å². The van der Waals surface area contributed by atoms with E-state index in [0.717, 1.165) is 4.47 Å². The molecule has 0 amide bonds. The van der Waals surface area contributed by atoms with Crippen LogP contribution in [0.15, 0.2) is 22.7 Å². The maximum Gasteiger partial charge on any atom is 0.120 e. The second kappa shape index (κ2) is 4.99. The van der Waals surface area contributed by atoms with Crippen molar-refractivity contribution < 1.29 is 9.84 Å². The first-order valence-electron chi connectivity index (χ1n) is 4.07. The van der Waals surface area contributed by atoms with E-state index in [0.29, 0.717) is 11.3 Å². The van der Waals surface area contributed by atoms with Gasteiger partial charge in [0.15, 0.2) is 0 Å². The molecule has 1 aromatic rings. The van der Waals surface area contributed by atoms with Crippen molar-refractivity contribution in [3.63, 3.8) is 0 Å². The normalized spacial score (nSPS) is 11.9. The number of ether oxygens (including phenoxy) is 1. The Labute approximate surface area is 91.1 Å². The van der Waals surface area contributed by atoms with Gasteiger partial charge in [-0.2, -0.15) is 5.26 Å². The van der Waals surface area contributed by atoms with Crippen molar-refractivity contribution in [3.8, 4) is 11.8 Å². The first-order valence-corrected chi connectivity index (χ1v) is 4.86. The van der Waals surface area contributed by atoms with Crippen molar-refractivity contribution >= 4 is 15.9 Å². The van der Waals surface area contributed by atoms with Crippen molar-refractivity contribution in [2.75, 3.05) is 7.11 Å². The first kappa shape index (κ1) is 11.0. The lowest BCUT2D eigenvalue weighted by Crippen LogP contribution is -1.96. The summed E-state index contributed by atoms with van der Waals surface area (Å²) in [6.07, 6.45) is -0.675. The molecular weight excluding hydrogens is 246 g/mol. The van der Waals surface area contributed by atoms with Gasteiger partial charge < -0.3 is 9.84 Å². The lowest BCUT2D eigenvalue weighted by molar-refractivity contribution is 0.183. The molecule has 0 aliphatic heterocycles. The Morgan fingerprint density at radius 3 is 2.86 bits per heavy atom. The molecule has 0 aliphatic rings. The van der Waals surface area contributed by atoms with Crippen LogP contribution in [-0.4, -0.2) is 12.2 Å². The second-order valence-corrected chi connectivity index (χ2v) is 3.72. The second-order valence-electron chi connectivity index (χ2n) is 2.80. The molecule has 1 aromatic carbocycles. The zero-order chi connectivity index (χ0) is 10.6. The molecular formula is C10H10BrNO2. The van der Waals surface area contributed by atoms with Gasteiger partial charge in [-0.25, -0.2) is 0 Å². The third kappa shape index (κ3) is 2.72. The molecule has 0 fully saturated rings. The van der Waals surface area contributed by atoms with Crippen LogP contribution in [0, 0.1) is 11.3 Å². The third-order valence-corrected chi connectivity index (χ3v) is 2.26. The maximum atomic E-state index is 9.57. The fourth-order valence-electron chi connectivity index (χ4n) is 1.10. The molecule has 0 saturated heterocycles. The van der Waals surface area contributed by atoms with Crippen LogP contribution in [0.2, 0.25) is 0 Å². The highest BCUT2D eigenvalue weighted by molar-refractivity contribution is 9.10. The minimum absolute atomic E-state index is 0.0829. The Kier molecular flexibility index (Phi) is 3.93. The highest BCUT2D eigenvalue weighted by Crippen LogP contribution is 2.26. The zero-order valence-corrected chi connectivity index (χ0v) is 9.28. The van der Waals surface area contributed by atoms with Crippen molar-refractivity contribution in [1.82, 2.24) is 0 Å².